The van der Waals surface area contributed by atoms with Gasteiger partial charge in [0.25, 0.3) is 5.91 Å². The number of carbonyl (C=O) groups is 2. The lowest BCUT2D eigenvalue weighted by molar-refractivity contribution is -0.121. The number of hydrogen-bond donors (Lipinski definition) is 1. The van der Waals surface area contributed by atoms with Gasteiger partial charge in [0.05, 0.1) is 23.4 Å². The fourth-order valence-corrected chi connectivity index (χ4v) is 5.23. The first kappa shape index (κ1) is 20.0. The summed E-state index contributed by atoms with van der Waals surface area (Å²) in [7, 11) is 0. The molecule has 0 bridgehead atoms. The van der Waals surface area contributed by atoms with Gasteiger partial charge in [0.15, 0.2) is 5.13 Å². The minimum atomic E-state index is -0.235. The molecule has 1 unspecified atom stereocenters. The second-order valence-corrected chi connectivity index (χ2v) is 9.18. The third kappa shape index (κ3) is 4.28. The smallest absolute Gasteiger partial charge is 0.257 e. The minimum Gasteiger partial charge on any atom is -0.472 e. The van der Waals surface area contributed by atoms with E-state index in [2.05, 4.69) is 28.5 Å². The second kappa shape index (κ2) is 8.67. The average Bonchev–Trinajstić information content (AvgIpc) is 3.51. The van der Waals surface area contributed by atoms with Gasteiger partial charge >= 0.3 is 0 Å². The topological polar surface area (TPSA) is 75.4 Å². The predicted molar refractivity (Wildman–Crippen MR) is 120 cm³/mol. The standard InChI is InChI=1S/C24H25N3O3S/c28-22(19-6-3-10-27(13-19)23(29)20-9-11-30-14-20)26-24-25-21(15-31-24)18-8-7-16-4-1-2-5-17(16)12-18/h7-9,11-12,14-15,19H,1-6,10,13H2,(H,25,26,28). The number of nitrogens with one attached hydrogen (secondary N) is 1. The Bertz CT molecular complexity index is 1090. The molecule has 160 valence electrons. The fraction of sp³-hybridized carbons (Fsp3) is 0.375. The number of likely N-dealkylation sites (tertiary alicyclic amines) is 1. The van der Waals surface area contributed by atoms with Crippen LogP contribution in [0.3, 0.4) is 0 Å². The highest BCUT2D eigenvalue weighted by molar-refractivity contribution is 7.14. The summed E-state index contributed by atoms with van der Waals surface area (Å²) in [6, 6.07) is 8.25. The van der Waals surface area contributed by atoms with Gasteiger partial charge in [0.2, 0.25) is 5.91 Å². The van der Waals surface area contributed by atoms with Crippen LogP contribution in [0.25, 0.3) is 11.3 Å². The molecule has 2 aliphatic rings. The zero-order valence-electron chi connectivity index (χ0n) is 17.3. The van der Waals surface area contributed by atoms with E-state index in [1.165, 1.54) is 47.8 Å². The number of thiazole rings is 1. The molecule has 7 heteroatoms. The molecule has 2 amide bonds. The van der Waals surface area contributed by atoms with Crippen LogP contribution in [0.2, 0.25) is 0 Å². The van der Waals surface area contributed by atoms with Crippen LogP contribution in [-0.4, -0.2) is 34.8 Å². The Morgan fingerprint density at radius 1 is 1.13 bits per heavy atom. The lowest BCUT2D eigenvalue weighted by atomic mass is 9.90. The summed E-state index contributed by atoms with van der Waals surface area (Å²) in [5.41, 5.74) is 5.40. The summed E-state index contributed by atoms with van der Waals surface area (Å²) in [6.45, 7) is 1.08. The van der Waals surface area contributed by atoms with E-state index < -0.39 is 0 Å². The van der Waals surface area contributed by atoms with Gasteiger partial charge in [-0.2, -0.15) is 0 Å². The first-order valence-corrected chi connectivity index (χ1v) is 11.8. The van der Waals surface area contributed by atoms with Crippen molar-refractivity contribution < 1.29 is 14.0 Å². The third-order valence-electron chi connectivity index (χ3n) is 6.23. The minimum absolute atomic E-state index is 0.0731. The van der Waals surface area contributed by atoms with Gasteiger partial charge in [0.1, 0.15) is 6.26 Å². The van der Waals surface area contributed by atoms with Gasteiger partial charge < -0.3 is 14.6 Å². The zero-order valence-corrected chi connectivity index (χ0v) is 18.1. The molecule has 0 saturated carbocycles. The monoisotopic (exact) mass is 435 g/mol. The summed E-state index contributed by atoms with van der Waals surface area (Å²) >= 11 is 1.44. The lowest BCUT2D eigenvalue weighted by Gasteiger charge is -2.31. The van der Waals surface area contributed by atoms with Crippen LogP contribution in [0.5, 0.6) is 0 Å². The van der Waals surface area contributed by atoms with Crippen molar-refractivity contribution >= 4 is 28.3 Å². The molecule has 31 heavy (non-hydrogen) atoms. The first-order chi connectivity index (χ1) is 15.2. The molecule has 3 aromatic rings. The number of nitrogens with zero attached hydrogens (tertiary/aromatic N) is 2. The quantitative estimate of drug-likeness (QED) is 0.640. The van der Waals surface area contributed by atoms with Gasteiger partial charge in [-0.1, -0.05) is 12.1 Å². The number of fused-ring (bicyclic) bond motifs is 1. The number of piperidine rings is 1. The Labute approximate surface area is 185 Å². The van der Waals surface area contributed by atoms with E-state index in [1.807, 2.05) is 5.38 Å². The van der Waals surface area contributed by atoms with E-state index in [4.69, 9.17) is 4.42 Å². The van der Waals surface area contributed by atoms with Crippen LogP contribution in [0.4, 0.5) is 5.13 Å². The molecule has 1 fully saturated rings. The van der Waals surface area contributed by atoms with Crippen LogP contribution in [0.1, 0.15) is 47.2 Å². The van der Waals surface area contributed by atoms with Gasteiger partial charge in [-0.3, -0.25) is 9.59 Å². The highest BCUT2D eigenvalue weighted by atomic mass is 32.1. The Kier molecular flexibility index (Phi) is 5.59. The van der Waals surface area contributed by atoms with Crippen LogP contribution < -0.4 is 5.32 Å². The van der Waals surface area contributed by atoms with Gasteiger partial charge in [0, 0.05) is 24.0 Å². The van der Waals surface area contributed by atoms with Crippen LogP contribution in [0.15, 0.2) is 46.6 Å². The third-order valence-corrected chi connectivity index (χ3v) is 6.98. The van der Waals surface area contributed by atoms with Crippen molar-refractivity contribution in [1.29, 1.82) is 0 Å². The number of anilines is 1. The van der Waals surface area contributed by atoms with Crippen molar-refractivity contribution in [3.8, 4) is 11.3 Å². The molecule has 5 rings (SSSR count). The van der Waals surface area contributed by atoms with E-state index in [-0.39, 0.29) is 17.7 Å². The zero-order chi connectivity index (χ0) is 21.2. The highest BCUT2D eigenvalue weighted by Gasteiger charge is 2.29. The number of carbonyl (C=O) groups excluding carboxylic acids is 2. The van der Waals surface area contributed by atoms with E-state index >= 15 is 0 Å². The average molecular weight is 436 g/mol. The normalized spacial score (nSPS) is 18.5. The SMILES string of the molecule is O=C(Nc1nc(-c2ccc3c(c2)CCCC3)cs1)C1CCCN(C(=O)c2ccoc2)C1. The maximum atomic E-state index is 12.9. The molecule has 1 aliphatic carbocycles. The molecule has 1 N–H and O–H groups in total. The highest BCUT2D eigenvalue weighted by Crippen LogP contribution is 2.30. The van der Waals surface area contributed by atoms with Gasteiger partial charge in [-0.25, -0.2) is 4.98 Å². The molecule has 0 spiro atoms. The number of hydrogen-bond acceptors (Lipinski definition) is 5. The molecular formula is C24H25N3O3S. The summed E-state index contributed by atoms with van der Waals surface area (Å²) in [5.74, 6) is -0.396. The summed E-state index contributed by atoms with van der Waals surface area (Å²) in [4.78, 5) is 31.8. The Morgan fingerprint density at radius 3 is 2.84 bits per heavy atom. The summed E-state index contributed by atoms with van der Waals surface area (Å²) in [5, 5.41) is 5.57. The molecule has 6 nitrogen and oxygen atoms in total. The van der Waals surface area contributed by atoms with E-state index in [0.717, 1.165) is 36.9 Å². The number of amides is 2. The second-order valence-electron chi connectivity index (χ2n) is 8.32. The summed E-state index contributed by atoms with van der Waals surface area (Å²) < 4.78 is 5.02. The Balaban J connectivity index is 1.24. The Morgan fingerprint density at radius 2 is 2.00 bits per heavy atom. The maximum absolute atomic E-state index is 12.9. The Hall–Kier alpha value is -2.93. The number of furan rings is 1. The van der Waals surface area contributed by atoms with Crippen molar-refractivity contribution in [2.24, 2.45) is 5.92 Å². The number of aromatic nitrogens is 1. The molecular weight excluding hydrogens is 410 g/mol. The molecule has 1 saturated heterocycles. The van der Waals surface area contributed by atoms with E-state index in [1.54, 1.807) is 11.0 Å². The lowest BCUT2D eigenvalue weighted by Crippen LogP contribution is -2.43. The molecule has 1 aromatic carbocycles. The number of aryl methyl sites for hydroxylation is 2. The first-order valence-electron chi connectivity index (χ1n) is 10.9. The fourth-order valence-electron chi connectivity index (χ4n) is 4.51. The largest absolute Gasteiger partial charge is 0.472 e. The van der Waals surface area contributed by atoms with Crippen LogP contribution in [-0.2, 0) is 17.6 Å². The number of rotatable bonds is 4. The number of benzene rings is 1. The molecule has 1 atom stereocenters. The van der Waals surface area contributed by atoms with Crippen molar-refractivity contribution in [3.63, 3.8) is 0 Å². The van der Waals surface area contributed by atoms with Crippen LogP contribution in [0, 0.1) is 5.92 Å². The molecule has 3 heterocycles. The van der Waals surface area contributed by atoms with E-state index in [0.29, 0.717) is 23.8 Å². The van der Waals surface area contributed by atoms with Crippen LogP contribution >= 0.6 is 11.3 Å². The molecule has 0 radical (unpaired) electrons. The molecule has 1 aliphatic heterocycles. The van der Waals surface area contributed by atoms with Crippen molar-refractivity contribution in [2.75, 3.05) is 18.4 Å². The molecule has 2 aromatic heterocycles. The van der Waals surface area contributed by atoms with Crippen molar-refractivity contribution in [3.05, 3.63) is 58.9 Å². The maximum Gasteiger partial charge on any atom is 0.257 e. The van der Waals surface area contributed by atoms with Gasteiger partial charge in [-0.05, 0) is 61.8 Å². The van der Waals surface area contributed by atoms with E-state index in [9.17, 15) is 9.59 Å². The predicted octanol–water partition coefficient (Wildman–Crippen LogP) is 4.77. The van der Waals surface area contributed by atoms with Crippen molar-refractivity contribution in [1.82, 2.24) is 9.88 Å². The van der Waals surface area contributed by atoms with Gasteiger partial charge in [-0.15, -0.1) is 11.3 Å². The summed E-state index contributed by atoms with van der Waals surface area (Å²) in [6.07, 6.45) is 9.32. The van der Waals surface area contributed by atoms with Crippen molar-refractivity contribution in [2.45, 2.75) is 38.5 Å².